The summed E-state index contributed by atoms with van der Waals surface area (Å²) in [6.07, 6.45) is 4.73. The first-order chi connectivity index (χ1) is 9.70. The fourth-order valence-corrected chi connectivity index (χ4v) is 2.31. The van der Waals surface area contributed by atoms with Crippen molar-refractivity contribution in [3.8, 4) is 0 Å². The molecule has 0 spiro atoms. The molecule has 0 bridgehead atoms. The number of benzene rings is 1. The van der Waals surface area contributed by atoms with Gasteiger partial charge in [0, 0.05) is 37.2 Å². The normalized spacial score (nSPS) is 10.8. The van der Waals surface area contributed by atoms with Crippen LogP contribution in [0.15, 0.2) is 48.8 Å². The minimum absolute atomic E-state index is 0.473. The van der Waals surface area contributed by atoms with Gasteiger partial charge < -0.3 is 10.6 Å². The van der Waals surface area contributed by atoms with Gasteiger partial charge in [0.25, 0.3) is 0 Å². The summed E-state index contributed by atoms with van der Waals surface area (Å²) in [4.78, 5) is 6.48. The molecule has 3 heteroatoms. The molecule has 0 radical (unpaired) electrons. The molecular weight excluding hydrogens is 246 g/mol. The SMILES string of the molecule is CC(C)N(CCc1ccncc1)c1ccc(CN)cc1. The Hall–Kier alpha value is -1.87. The second kappa shape index (κ2) is 7.06. The van der Waals surface area contributed by atoms with Crippen molar-refractivity contribution < 1.29 is 0 Å². The molecule has 0 saturated heterocycles. The van der Waals surface area contributed by atoms with Gasteiger partial charge in [-0.1, -0.05) is 12.1 Å². The average molecular weight is 269 g/mol. The lowest BCUT2D eigenvalue weighted by Crippen LogP contribution is -2.32. The van der Waals surface area contributed by atoms with E-state index < -0.39 is 0 Å². The molecule has 106 valence electrons. The first kappa shape index (κ1) is 14.5. The number of hydrogen-bond acceptors (Lipinski definition) is 3. The van der Waals surface area contributed by atoms with Gasteiger partial charge in [0.1, 0.15) is 0 Å². The van der Waals surface area contributed by atoms with Crippen molar-refractivity contribution >= 4 is 5.69 Å². The molecule has 2 aromatic rings. The molecule has 20 heavy (non-hydrogen) atoms. The Balaban J connectivity index is 2.06. The summed E-state index contributed by atoms with van der Waals surface area (Å²) in [5, 5.41) is 0. The molecule has 1 aromatic heterocycles. The zero-order valence-electron chi connectivity index (χ0n) is 12.3. The van der Waals surface area contributed by atoms with Crippen LogP contribution >= 0.6 is 0 Å². The maximum atomic E-state index is 5.65. The van der Waals surface area contributed by atoms with Gasteiger partial charge >= 0.3 is 0 Å². The summed E-state index contributed by atoms with van der Waals surface area (Å²) in [7, 11) is 0. The van der Waals surface area contributed by atoms with E-state index in [1.165, 1.54) is 16.8 Å². The predicted molar refractivity (Wildman–Crippen MR) is 84.8 cm³/mol. The molecule has 0 atom stereocenters. The Morgan fingerprint density at radius 1 is 1.00 bits per heavy atom. The monoisotopic (exact) mass is 269 g/mol. The van der Waals surface area contributed by atoms with E-state index in [9.17, 15) is 0 Å². The summed E-state index contributed by atoms with van der Waals surface area (Å²) in [6.45, 7) is 6.05. The number of hydrogen-bond donors (Lipinski definition) is 1. The van der Waals surface area contributed by atoms with Crippen LogP contribution in [0.4, 0.5) is 5.69 Å². The molecule has 0 aliphatic rings. The van der Waals surface area contributed by atoms with Crippen LogP contribution < -0.4 is 10.6 Å². The van der Waals surface area contributed by atoms with E-state index in [1.807, 2.05) is 12.4 Å². The van der Waals surface area contributed by atoms with E-state index >= 15 is 0 Å². The minimum atomic E-state index is 0.473. The van der Waals surface area contributed by atoms with Crippen LogP contribution in [-0.4, -0.2) is 17.6 Å². The third-order valence-corrected chi connectivity index (χ3v) is 3.52. The molecule has 0 aliphatic carbocycles. The number of aromatic nitrogens is 1. The van der Waals surface area contributed by atoms with E-state index in [4.69, 9.17) is 5.73 Å². The number of nitrogens with zero attached hydrogens (tertiary/aromatic N) is 2. The summed E-state index contributed by atoms with van der Waals surface area (Å²) in [5.41, 5.74) is 9.40. The fraction of sp³-hybridized carbons (Fsp3) is 0.353. The van der Waals surface area contributed by atoms with Crippen molar-refractivity contribution in [3.63, 3.8) is 0 Å². The average Bonchev–Trinajstić information content (AvgIpc) is 2.49. The molecule has 0 aliphatic heterocycles. The van der Waals surface area contributed by atoms with Crippen molar-refractivity contribution in [2.45, 2.75) is 32.9 Å². The molecule has 1 heterocycles. The molecule has 0 amide bonds. The quantitative estimate of drug-likeness (QED) is 0.876. The molecule has 0 saturated carbocycles. The summed E-state index contributed by atoms with van der Waals surface area (Å²) >= 11 is 0. The van der Waals surface area contributed by atoms with Gasteiger partial charge in [0.15, 0.2) is 0 Å². The van der Waals surface area contributed by atoms with Gasteiger partial charge in [0.05, 0.1) is 0 Å². The number of rotatable bonds is 6. The van der Waals surface area contributed by atoms with E-state index in [0.717, 1.165) is 13.0 Å². The second-order valence-electron chi connectivity index (χ2n) is 5.26. The van der Waals surface area contributed by atoms with Gasteiger partial charge in [-0.15, -0.1) is 0 Å². The Labute approximate surface area is 121 Å². The van der Waals surface area contributed by atoms with Crippen LogP contribution in [0.2, 0.25) is 0 Å². The maximum absolute atomic E-state index is 5.65. The summed E-state index contributed by atoms with van der Waals surface area (Å²) < 4.78 is 0. The third-order valence-electron chi connectivity index (χ3n) is 3.52. The highest BCUT2D eigenvalue weighted by Crippen LogP contribution is 2.18. The van der Waals surface area contributed by atoms with Crippen LogP contribution in [0.1, 0.15) is 25.0 Å². The van der Waals surface area contributed by atoms with E-state index in [2.05, 4.69) is 60.1 Å². The molecule has 2 rings (SSSR count). The predicted octanol–water partition coefficient (Wildman–Crippen LogP) is 3.00. The first-order valence-electron chi connectivity index (χ1n) is 7.15. The highest BCUT2D eigenvalue weighted by Gasteiger charge is 2.10. The van der Waals surface area contributed by atoms with Crippen LogP contribution in [0.3, 0.4) is 0 Å². The minimum Gasteiger partial charge on any atom is -0.369 e. The lowest BCUT2D eigenvalue weighted by molar-refractivity contribution is 0.678. The molecule has 3 nitrogen and oxygen atoms in total. The molecule has 0 fully saturated rings. The number of nitrogens with two attached hydrogens (primary N) is 1. The Bertz CT molecular complexity index is 506. The van der Waals surface area contributed by atoms with E-state index in [0.29, 0.717) is 12.6 Å². The smallest absolute Gasteiger partial charge is 0.0368 e. The Morgan fingerprint density at radius 3 is 2.20 bits per heavy atom. The molecule has 1 aromatic carbocycles. The van der Waals surface area contributed by atoms with Crippen LogP contribution in [0.5, 0.6) is 0 Å². The molecule has 2 N–H and O–H groups in total. The molecular formula is C17H23N3. The van der Waals surface area contributed by atoms with Gasteiger partial charge in [-0.05, 0) is 55.7 Å². The lowest BCUT2D eigenvalue weighted by atomic mass is 10.1. The second-order valence-corrected chi connectivity index (χ2v) is 5.26. The van der Waals surface area contributed by atoms with Crippen molar-refractivity contribution in [1.29, 1.82) is 0 Å². The number of pyridine rings is 1. The topological polar surface area (TPSA) is 42.2 Å². The van der Waals surface area contributed by atoms with Gasteiger partial charge in [0.2, 0.25) is 0 Å². The van der Waals surface area contributed by atoms with Gasteiger partial charge in [-0.3, -0.25) is 4.98 Å². The fourth-order valence-electron chi connectivity index (χ4n) is 2.31. The van der Waals surface area contributed by atoms with Gasteiger partial charge in [-0.2, -0.15) is 0 Å². The third kappa shape index (κ3) is 3.81. The van der Waals surface area contributed by atoms with Crippen molar-refractivity contribution in [3.05, 3.63) is 59.9 Å². The van der Waals surface area contributed by atoms with Crippen LogP contribution in [0.25, 0.3) is 0 Å². The van der Waals surface area contributed by atoms with E-state index in [1.54, 1.807) is 0 Å². The zero-order valence-corrected chi connectivity index (χ0v) is 12.3. The largest absolute Gasteiger partial charge is 0.369 e. The highest BCUT2D eigenvalue weighted by atomic mass is 15.1. The van der Waals surface area contributed by atoms with Crippen molar-refractivity contribution in [2.24, 2.45) is 5.73 Å². The Kier molecular flexibility index (Phi) is 5.13. The molecule has 0 unspecified atom stereocenters. The lowest BCUT2D eigenvalue weighted by Gasteiger charge is -2.29. The summed E-state index contributed by atoms with van der Waals surface area (Å²) in [6, 6.07) is 13.2. The standard InChI is InChI=1S/C17H23N3/c1-14(2)20(12-9-15-7-10-19-11-8-15)17-5-3-16(13-18)4-6-17/h3-8,10-11,14H,9,12-13,18H2,1-2H3. The van der Waals surface area contributed by atoms with Crippen LogP contribution in [-0.2, 0) is 13.0 Å². The first-order valence-corrected chi connectivity index (χ1v) is 7.15. The Morgan fingerprint density at radius 2 is 1.65 bits per heavy atom. The highest BCUT2D eigenvalue weighted by molar-refractivity contribution is 5.48. The van der Waals surface area contributed by atoms with Crippen molar-refractivity contribution in [1.82, 2.24) is 4.98 Å². The van der Waals surface area contributed by atoms with Crippen molar-refractivity contribution in [2.75, 3.05) is 11.4 Å². The van der Waals surface area contributed by atoms with Crippen LogP contribution in [0, 0.1) is 0 Å². The number of anilines is 1. The maximum Gasteiger partial charge on any atom is 0.0368 e. The van der Waals surface area contributed by atoms with E-state index in [-0.39, 0.29) is 0 Å². The van der Waals surface area contributed by atoms with Gasteiger partial charge in [-0.25, -0.2) is 0 Å². The summed E-state index contributed by atoms with van der Waals surface area (Å²) in [5.74, 6) is 0. The zero-order chi connectivity index (χ0) is 14.4.